The predicted octanol–water partition coefficient (Wildman–Crippen LogP) is 3.22. The molecule has 3 aromatic rings. The second-order valence-corrected chi connectivity index (χ2v) is 5.72. The van der Waals surface area contributed by atoms with Gasteiger partial charge in [-0.05, 0) is 40.2 Å². The molecular formula is C15H15BrN4. The molecule has 3 heterocycles. The zero-order chi connectivity index (χ0) is 14.1. The number of aromatic nitrogens is 3. The summed E-state index contributed by atoms with van der Waals surface area (Å²) in [4.78, 5) is 8.92. The summed E-state index contributed by atoms with van der Waals surface area (Å²) >= 11 is 3.51. The Labute approximate surface area is 125 Å². The third-order valence-electron chi connectivity index (χ3n) is 3.37. The summed E-state index contributed by atoms with van der Waals surface area (Å²) in [6.45, 7) is 2.69. The first-order valence-corrected chi connectivity index (χ1v) is 7.28. The van der Waals surface area contributed by atoms with Gasteiger partial charge in [-0.1, -0.05) is 6.92 Å². The molecule has 0 aliphatic heterocycles. The van der Waals surface area contributed by atoms with Gasteiger partial charge in [-0.3, -0.25) is 4.98 Å². The fraction of sp³-hybridized carbons (Fsp3) is 0.200. The van der Waals surface area contributed by atoms with Crippen molar-refractivity contribution in [1.29, 1.82) is 0 Å². The third kappa shape index (κ3) is 2.23. The van der Waals surface area contributed by atoms with E-state index in [4.69, 9.17) is 10.7 Å². The minimum Gasteiger partial charge on any atom is -0.330 e. The van der Waals surface area contributed by atoms with Crippen molar-refractivity contribution in [3.05, 3.63) is 53.0 Å². The van der Waals surface area contributed by atoms with Gasteiger partial charge >= 0.3 is 0 Å². The van der Waals surface area contributed by atoms with Crippen LogP contribution < -0.4 is 5.73 Å². The van der Waals surface area contributed by atoms with E-state index in [2.05, 4.69) is 32.2 Å². The molecule has 0 radical (unpaired) electrons. The number of hydrogen-bond donors (Lipinski definition) is 1. The van der Waals surface area contributed by atoms with Gasteiger partial charge < -0.3 is 10.1 Å². The Kier molecular flexibility index (Phi) is 3.54. The molecule has 20 heavy (non-hydrogen) atoms. The van der Waals surface area contributed by atoms with Crippen molar-refractivity contribution >= 4 is 21.6 Å². The second kappa shape index (κ2) is 5.34. The van der Waals surface area contributed by atoms with Gasteiger partial charge in [0.15, 0.2) is 0 Å². The van der Waals surface area contributed by atoms with E-state index in [9.17, 15) is 0 Å². The Hall–Kier alpha value is -1.72. The van der Waals surface area contributed by atoms with Crippen molar-refractivity contribution in [2.75, 3.05) is 6.54 Å². The van der Waals surface area contributed by atoms with Crippen molar-refractivity contribution in [1.82, 2.24) is 14.4 Å². The zero-order valence-corrected chi connectivity index (χ0v) is 12.7. The minimum absolute atomic E-state index is 0.217. The first kappa shape index (κ1) is 13.3. The summed E-state index contributed by atoms with van der Waals surface area (Å²) in [6, 6.07) is 7.94. The second-order valence-electron chi connectivity index (χ2n) is 4.80. The largest absolute Gasteiger partial charge is 0.330 e. The molecule has 3 rings (SSSR count). The first-order chi connectivity index (χ1) is 9.70. The van der Waals surface area contributed by atoms with Crippen LogP contribution in [0.2, 0.25) is 0 Å². The van der Waals surface area contributed by atoms with Gasteiger partial charge in [0.05, 0.1) is 11.4 Å². The molecule has 3 aromatic heterocycles. The number of nitrogens with two attached hydrogens (primary N) is 1. The quantitative estimate of drug-likeness (QED) is 0.802. The van der Waals surface area contributed by atoms with E-state index >= 15 is 0 Å². The molecule has 4 nitrogen and oxygen atoms in total. The molecule has 2 N–H and O–H groups in total. The van der Waals surface area contributed by atoms with Gasteiger partial charge in [-0.25, -0.2) is 4.98 Å². The highest BCUT2D eigenvalue weighted by Gasteiger charge is 2.18. The Morgan fingerprint density at radius 2 is 2.20 bits per heavy atom. The van der Waals surface area contributed by atoms with Gasteiger partial charge in [0.25, 0.3) is 0 Å². The summed E-state index contributed by atoms with van der Waals surface area (Å²) in [7, 11) is 0. The Morgan fingerprint density at radius 1 is 1.35 bits per heavy atom. The number of rotatable bonds is 3. The van der Waals surface area contributed by atoms with Gasteiger partial charge in [0.1, 0.15) is 5.65 Å². The van der Waals surface area contributed by atoms with Crippen LogP contribution in [0.4, 0.5) is 0 Å². The summed E-state index contributed by atoms with van der Waals surface area (Å²) in [5.41, 5.74) is 9.88. The first-order valence-electron chi connectivity index (χ1n) is 6.48. The van der Waals surface area contributed by atoms with E-state index in [-0.39, 0.29) is 5.92 Å². The van der Waals surface area contributed by atoms with Crippen LogP contribution in [0.3, 0.4) is 0 Å². The average Bonchev–Trinajstić information content (AvgIpc) is 2.86. The van der Waals surface area contributed by atoms with Crippen LogP contribution in [-0.4, -0.2) is 20.9 Å². The van der Waals surface area contributed by atoms with Crippen LogP contribution >= 0.6 is 15.9 Å². The van der Waals surface area contributed by atoms with E-state index < -0.39 is 0 Å². The average molecular weight is 331 g/mol. The molecule has 0 aliphatic carbocycles. The molecule has 5 heteroatoms. The molecule has 0 aromatic carbocycles. The highest BCUT2D eigenvalue weighted by Crippen LogP contribution is 2.30. The molecule has 0 aliphatic rings. The monoisotopic (exact) mass is 330 g/mol. The van der Waals surface area contributed by atoms with Crippen LogP contribution in [0.25, 0.3) is 16.9 Å². The Morgan fingerprint density at radius 3 is 2.90 bits per heavy atom. The lowest BCUT2D eigenvalue weighted by atomic mass is 10.0. The zero-order valence-electron chi connectivity index (χ0n) is 11.1. The molecule has 0 spiro atoms. The van der Waals surface area contributed by atoms with Gasteiger partial charge in [-0.15, -0.1) is 0 Å². The number of hydrogen-bond acceptors (Lipinski definition) is 3. The molecule has 1 atom stereocenters. The molecule has 0 saturated carbocycles. The number of halogens is 1. The molecule has 0 bridgehead atoms. The number of fused-ring (bicyclic) bond motifs is 1. The Balaban J connectivity index is 2.31. The number of pyridine rings is 2. The van der Waals surface area contributed by atoms with Crippen LogP contribution in [0.1, 0.15) is 18.5 Å². The van der Waals surface area contributed by atoms with Crippen LogP contribution in [0.5, 0.6) is 0 Å². The lowest BCUT2D eigenvalue weighted by molar-refractivity contribution is 0.738. The highest BCUT2D eigenvalue weighted by atomic mass is 79.9. The molecule has 0 amide bonds. The van der Waals surface area contributed by atoms with Gasteiger partial charge in [0, 0.05) is 41.1 Å². The van der Waals surface area contributed by atoms with E-state index in [0.717, 1.165) is 27.1 Å². The van der Waals surface area contributed by atoms with Crippen molar-refractivity contribution in [2.45, 2.75) is 12.8 Å². The lowest BCUT2D eigenvalue weighted by Gasteiger charge is -2.11. The molecular weight excluding hydrogens is 316 g/mol. The minimum atomic E-state index is 0.217. The van der Waals surface area contributed by atoms with Crippen molar-refractivity contribution in [2.24, 2.45) is 5.73 Å². The smallest absolute Gasteiger partial charge is 0.137 e. The van der Waals surface area contributed by atoms with Crippen molar-refractivity contribution in [3.63, 3.8) is 0 Å². The van der Waals surface area contributed by atoms with Gasteiger partial charge in [0.2, 0.25) is 0 Å². The fourth-order valence-electron chi connectivity index (χ4n) is 2.33. The standard InChI is InChI=1S/C15H15BrN4/c1-10(7-17)15-14(11-3-2-6-18-8-11)19-13-5-4-12(16)9-20(13)15/h2-6,8-10H,7,17H2,1H3. The van der Waals surface area contributed by atoms with Crippen LogP contribution in [0, 0.1) is 0 Å². The van der Waals surface area contributed by atoms with Crippen LogP contribution in [0.15, 0.2) is 47.3 Å². The van der Waals surface area contributed by atoms with Crippen molar-refractivity contribution in [3.8, 4) is 11.3 Å². The maximum atomic E-state index is 5.87. The maximum absolute atomic E-state index is 5.87. The van der Waals surface area contributed by atoms with Crippen molar-refractivity contribution < 1.29 is 0 Å². The molecule has 0 fully saturated rings. The number of imidazole rings is 1. The molecule has 1 unspecified atom stereocenters. The molecule has 102 valence electrons. The van der Waals surface area contributed by atoms with Gasteiger partial charge in [-0.2, -0.15) is 0 Å². The lowest BCUT2D eigenvalue weighted by Crippen LogP contribution is -2.12. The van der Waals surface area contributed by atoms with E-state index in [1.807, 2.05) is 36.7 Å². The van der Waals surface area contributed by atoms with E-state index in [0.29, 0.717) is 6.54 Å². The van der Waals surface area contributed by atoms with Crippen LogP contribution in [-0.2, 0) is 0 Å². The summed E-state index contributed by atoms with van der Waals surface area (Å²) < 4.78 is 3.12. The number of nitrogens with zero attached hydrogens (tertiary/aromatic N) is 3. The predicted molar refractivity (Wildman–Crippen MR) is 83.6 cm³/mol. The highest BCUT2D eigenvalue weighted by molar-refractivity contribution is 9.10. The maximum Gasteiger partial charge on any atom is 0.137 e. The SMILES string of the molecule is CC(CN)c1c(-c2cccnc2)nc2ccc(Br)cn12. The topological polar surface area (TPSA) is 56.2 Å². The molecule has 0 saturated heterocycles. The van der Waals surface area contributed by atoms with E-state index in [1.165, 1.54) is 0 Å². The summed E-state index contributed by atoms with van der Waals surface area (Å²) in [5.74, 6) is 0.217. The van der Waals surface area contributed by atoms with E-state index in [1.54, 1.807) is 6.20 Å². The summed E-state index contributed by atoms with van der Waals surface area (Å²) in [5, 5.41) is 0. The Bertz CT molecular complexity index is 736. The third-order valence-corrected chi connectivity index (χ3v) is 3.84. The summed E-state index contributed by atoms with van der Waals surface area (Å²) in [6.07, 6.45) is 5.63. The normalized spacial score (nSPS) is 12.8. The fourth-order valence-corrected chi connectivity index (χ4v) is 2.67.